The van der Waals surface area contributed by atoms with Gasteiger partial charge >= 0.3 is 0 Å². The van der Waals surface area contributed by atoms with Gasteiger partial charge in [-0.1, -0.05) is 45.2 Å². The van der Waals surface area contributed by atoms with Crippen LogP contribution in [0, 0.1) is 23.5 Å². The second-order valence-corrected chi connectivity index (χ2v) is 8.58. The van der Waals surface area contributed by atoms with Crippen LogP contribution in [0.3, 0.4) is 0 Å². The number of rotatable bonds is 9. The van der Waals surface area contributed by atoms with Crippen molar-refractivity contribution in [3.63, 3.8) is 0 Å². The Kier molecular flexibility index (Phi) is 10.0. The van der Waals surface area contributed by atoms with Crippen LogP contribution in [0.25, 0.3) is 11.4 Å². The average molecular weight is 516 g/mol. The molecule has 0 saturated heterocycles. The zero-order valence-corrected chi connectivity index (χ0v) is 22.5. The van der Waals surface area contributed by atoms with Gasteiger partial charge in [-0.25, -0.2) is 19.2 Å². The first-order chi connectivity index (χ1) is 18.4. The summed E-state index contributed by atoms with van der Waals surface area (Å²) >= 11 is 0. The summed E-state index contributed by atoms with van der Waals surface area (Å²) in [4.78, 5) is 6.15. The van der Waals surface area contributed by atoms with Crippen molar-refractivity contribution in [3.8, 4) is 11.8 Å². The maximum absolute atomic E-state index is 15.2. The molecule has 0 aliphatic carbocycles. The van der Waals surface area contributed by atoms with Crippen molar-refractivity contribution in [2.75, 3.05) is 12.4 Å². The number of anilines is 1. The molecule has 7 heteroatoms. The highest BCUT2D eigenvalue weighted by molar-refractivity contribution is 6.09. The summed E-state index contributed by atoms with van der Waals surface area (Å²) in [6, 6.07) is 9.18. The number of hydrogen-bond donors (Lipinski definition) is 3. The van der Waals surface area contributed by atoms with Gasteiger partial charge in [0.2, 0.25) is 0 Å². The fraction of sp³-hybridized carbons (Fsp3) is 0.258. The Bertz CT molecular complexity index is 1360. The predicted octanol–water partition coefficient (Wildman–Crippen LogP) is 6.74. The normalized spacial score (nSPS) is 13.1. The SMILES string of the molecule is C=C(NNC)c1ccc(NC2=NC=CN(/C(=C\C)c3ccc(CCC#CCC)c(F)c3F)C2=C)cc1CC. The van der Waals surface area contributed by atoms with Crippen LogP contribution >= 0.6 is 0 Å². The molecule has 0 aromatic heterocycles. The van der Waals surface area contributed by atoms with E-state index < -0.39 is 11.6 Å². The third kappa shape index (κ3) is 6.39. The van der Waals surface area contributed by atoms with Gasteiger partial charge in [0.15, 0.2) is 17.5 Å². The second-order valence-electron chi connectivity index (χ2n) is 8.58. The predicted molar refractivity (Wildman–Crippen MR) is 155 cm³/mol. The van der Waals surface area contributed by atoms with E-state index in [0.717, 1.165) is 35.4 Å². The minimum atomic E-state index is -0.893. The highest BCUT2D eigenvalue weighted by atomic mass is 19.2. The van der Waals surface area contributed by atoms with Gasteiger partial charge in [-0.05, 0) is 49.1 Å². The van der Waals surface area contributed by atoms with Crippen LogP contribution < -0.4 is 16.2 Å². The van der Waals surface area contributed by atoms with Crippen LogP contribution in [-0.2, 0) is 12.8 Å². The van der Waals surface area contributed by atoms with Crippen LogP contribution in [0.15, 0.2) is 72.7 Å². The molecule has 2 aromatic rings. The molecule has 3 N–H and O–H groups in total. The fourth-order valence-electron chi connectivity index (χ4n) is 4.21. The first-order valence-corrected chi connectivity index (χ1v) is 12.7. The number of aryl methyl sites for hydroxylation is 2. The number of benzene rings is 2. The minimum absolute atomic E-state index is 0.147. The lowest BCUT2D eigenvalue weighted by Gasteiger charge is -2.29. The van der Waals surface area contributed by atoms with E-state index in [1.54, 1.807) is 49.5 Å². The molecule has 5 nitrogen and oxygen atoms in total. The van der Waals surface area contributed by atoms with Crippen molar-refractivity contribution in [3.05, 3.63) is 102 Å². The molecule has 0 saturated carbocycles. The number of halogens is 2. The molecule has 0 radical (unpaired) electrons. The van der Waals surface area contributed by atoms with Crippen LogP contribution in [0.4, 0.5) is 14.5 Å². The van der Waals surface area contributed by atoms with Gasteiger partial charge < -0.3 is 15.6 Å². The Morgan fingerprint density at radius 1 is 1.08 bits per heavy atom. The quantitative estimate of drug-likeness (QED) is 0.256. The van der Waals surface area contributed by atoms with Gasteiger partial charge in [0.05, 0.1) is 11.4 Å². The highest BCUT2D eigenvalue weighted by Gasteiger charge is 2.24. The number of nitrogens with one attached hydrogen (secondary N) is 3. The molecule has 38 heavy (non-hydrogen) atoms. The van der Waals surface area contributed by atoms with E-state index in [1.807, 2.05) is 25.1 Å². The monoisotopic (exact) mass is 515 g/mol. The summed E-state index contributed by atoms with van der Waals surface area (Å²) in [6.45, 7) is 14.1. The van der Waals surface area contributed by atoms with E-state index in [4.69, 9.17) is 0 Å². The molecule has 0 fully saturated rings. The van der Waals surface area contributed by atoms with Crippen molar-refractivity contribution in [2.45, 2.75) is 46.5 Å². The Morgan fingerprint density at radius 3 is 2.53 bits per heavy atom. The van der Waals surface area contributed by atoms with Crippen molar-refractivity contribution in [2.24, 2.45) is 4.99 Å². The smallest absolute Gasteiger partial charge is 0.168 e. The van der Waals surface area contributed by atoms with Crippen molar-refractivity contribution >= 4 is 22.9 Å². The lowest BCUT2D eigenvalue weighted by molar-refractivity contribution is 0.493. The number of hydrazine groups is 1. The summed E-state index contributed by atoms with van der Waals surface area (Å²) < 4.78 is 30.2. The Labute approximate surface area is 224 Å². The molecular weight excluding hydrogens is 480 g/mol. The second kappa shape index (κ2) is 13.4. The van der Waals surface area contributed by atoms with Gasteiger partial charge in [-0.3, -0.25) is 0 Å². The van der Waals surface area contributed by atoms with Crippen molar-refractivity contribution in [1.82, 2.24) is 15.8 Å². The van der Waals surface area contributed by atoms with Gasteiger partial charge in [0.25, 0.3) is 0 Å². The number of hydrogen-bond acceptors (Lipinski definition) is 5. The van der Waals surface area contributed by atoms with Crippen molar-refractivity contribution in [1.29, 1.82) is 0 Å². The zero-order valence-electron chi connectivity index (χ0n) is 22.5. The number of nitrogens with zero attached hydrogens (tertiary/aromatic N) is 2. The Balaban J connectivity index is 1.82. The Hall–Kier alpha value is -4.15. The first-order valence-electron chi connectivity index (χ1n) is 12.7. The standard InChI is InChI=1S/C31H35F2N5/c1-7-10-11-12-13-24-14-16-27(30(33)29(24)32)28(9-3)38-19-18-35-31(22(38)5)36-25-15-17-26(21(4)37-34-6)23(8-2)20-25/h9,14-20,34,37H,4-5,7-8,12-13H2,1-3,6H3,(H,35,36)/b28-9-. The average Bonchev–Trinajstić information content (AvgIpc) is 2.92. The molecular formula is C31H35F2N5. The van der Waals surface area contributed by atoms with Gasteiger partial charge in [0, 0.05) is 54.8 Å². The summed E-state index contributed by atoms with van der Waals surface area (Å²) in [6.07, 6.45) is 7.40. The van der Waals surface area contributed by atoms with E-state index in [-0.39, 0.29) is 5.56 Å². The van der Waals surface area contributed by atoms with E-state index in [0.29, 0.717) is 35.6 Å². The van der Waals surface area contributed by atoms with E-state index in [9.17, 15) is 4.39 Å². The largest absolute Gasteiger partial charge is 0.338 e. The van der Waals surface area contributed by atoms with E-state index in [1.165, 1.54) is 0 Å². The molecule has 0 amide bonds. The summed E-state index contributed by atoms with van der Waals surface area (Å²) in [5.74, 6) is 4.69. The molecule has 3 rings (SSSR count). The number of aliphatic imine (C=N–C) groups is 1. The fourth-order valence-corrected chi connectivity index (χ4v) is 4.21. The number of amidine groups is 1. The Morgan fingerprint density at radius 2 is 1.84 bits per heavy atom. The molecule has 198 valence electrons. The lowest BCUT2D eigenvalue weighted by Crippen LogP contribution is -2.28. The van der Waals surface area contributed by atoms with Crippen molar-refractivity contribution < 1.29 is 8.78 Å². The van der Waals surface area contributed by atoms with Gasteiger partial charge in [0.1, 0.15) is 0 Å². The molecule has 1 aliphatic rings. The van der Waals surface area contributed by atoms with Gasteiger partial charge in [-0.2, -0.15) is 0 Å². The van der Waals surface area contributed by atoms with Crippen LogP contribution in [-0.4, -0.2) is 17.8 Å². The zero-order chi connectivity index (χ0) is 27.7. The first kappa shape index (κ1) is 28.4. The molecule has 1 aliphatic heterocycles. The summed E-state index contributed by atoms with van der Waals surface area (Å²) in [5, 5.41) is 3.32. The molecule has 1 heterocycles. The summed E-state index contributed by atoms with van der Waals surface area (Å²) in [7, 11) is 1.79. The van der Waals surface area contributed by atoms with E-state index in [2.05, 4.69) is 53.1 Å². The van der Waals surface area contributed by atoms with Crippen LogP contribution in [0.1, 0.15) is 55.9 Å². The molecule has 0 bridgehead atoms. The molecule has 0 spiro atoms. The van der Waals surface area contributed by atoms with Crippen LogP contribution in [0.2, 0.25) is 0 Å². The summed E-state index contributed by atoms with van der Waals surface area (Å²) in [5.41, 5.74) is 11.1. The lowest BCUT2D eigenvalue weighted by atomic mass is 10.0. The van der Waals surface area contributed by atoms with Gasteiger partial charge in [-0.15, -0.1) is 11.8 Å². The third-order valence-corrected chi connectivity index (χ3v) is 6.13. The molecule has 0 atom stereocenters. The maximum atomic E-state index is 15.2. The van der Waals surface area contributed by atoms with E-state index >= 15 is 4.39 Å². The maximum Gasteiger partial charge on any atom is 0.168 e. The highest BCUT2D eigenvalue weighted by Crippen LogP contribution is 2.31. The minimum Gasteiger partial charge on any atom is -0.338 e. The topological polar surface area (TPSA) is 51.7 Å². The molecule has 0 unspecified atom stereocenters. The molecule has 2 aromatic carbocycles. The third-order valence-electron chi connectivity index (χ3n) is 6.13. The number of allylic oxidation sites excluding steroid dienone is 1. The van der Waals surface area contributed by atoms with Crippen LogP contribution in [0.5, 0.6) is 0 Å².